The van der Waals surface area contributed by atoms with Gasteiger partial charge in [-0.05, 0) is 37.2 Å². The Labute approximate surface area is 150 Å². The summed E-state index contributed by atoms with van der Waals surface area (Å²) in [5, 5.41) is 5.83. The summed E-state index contributed by atoms with van der Waals surface area (Å²) in [5.74, 6) is 0.653. The van der Waals surface area contributed by atoms with Gasteiger partial charge in [-0.2, -0.15) is 0 Å². The molecule has 3 rings (SSSR count). The van der Waals surface area contributed by atoms with Crippen LogP contribution in [-0.4, -0.2) is 36.0 Å². The molecule has 1 aliphatic carbocycles. The first-order valence-corrected chi connectivity index (χ1v) is 9.59. The van der Waals surface area contributed by atoms with E-state index in [2.05, 4.69) is 10.6 Å². The molecule has 25 heavy (non-hydrogen) atoms. The van der Waals surface area contributed by atoms with Gasteiger partial charge in [0.2, 0.25) is 5.91 Å². The van der Waals surface area contributed by atoms with Crippen molar-refractivity contribution in [3.8, 4) is 0 Å². The van der Waals surface area contributed by atoms with Crippen LogP contribution in [0.25, 0.3) is 0 Å². The van der Waals surface area contributed by atoms with Crippen LogP contribution >= 0.6 is 0 Å². The largest absolute Gasteiger partial charge is 0.352 e. The van der Waals surface area contributed by atoms with Crippen LogP contribution in [0.15, 0.2) is 30.3 Å². The summed E-state index contributed by atoms with van der Waals surface area (Å²) in [4.78, 5) is 26.4. The average Bonchev–Trinajstić information content (AvgIpc) is 2.66. The van der Waals surface area contributed by atoms with Crippen molar-refractivity contribution in [2.75, 3.05) is 13.1 Å². The van der Waals surface area contributed by atoms with Crippen molar-refractivity contribution in [3.63, 3.8) is 0 Å². The summed E-state index contributed by atoms with van der Waals surface area (Å²) in [6.45, 7) is 1.78. The van der Waals surface area contributed by atoms with Crippen molar-refractivity contribution in [1.82, 2.24) is 15.5 Å². The molecule has 1 aromatic carbocycles. The van der Waals surface area contributed by atoms with Gasteiger partial charge in [-0.15, -0.1) is 0 Å². The number of carbonyl (C=O) groups is 2. The first-order valence-electron chi connectivity index (χ1n) is 9.59. The number of benzene rings is 1. The van der Waals surface area contributed by atoms with E-state index in [1.807, 2.05) is 35.2 Å². The van der Waals surface area contributed by atoms with Crippen LogP contribution in [0.5, 0.6) is 0 Å². The monoisotopic (exact) mass is 343 g/mol. The molecule has 2 atom stereocenters. The van der Waals surface area contributed by atoms with E-state index in [0.29, 0.717) is 31.5 Å². The molecular formula is C20H29N3O2. The van der Waals surface area contributed by atoms with Gasteiger partial charge in [0.25, 0.3) is 0 Å². The van der Waals surface area contributed by atoms with Crippen LogP contribution in [0.4, 0.5) is 4.79 Å². The molecule has 1 heterocycles. The van der Waals surface area contributed by atoms with Crippen LogP contribution in [0.3, 0.4) is 0 Å². The Morgan fingerprint density at radius 1 is 1.00 bits per heavy atom. The van der Waals surface area contributed by atoms with E-state index >= 15 is 0 Å². The Kier molecular flexibility index (Phi) is 6.31. The molecule has 1 saturated heterocycles. The number of likely N-dealkylation sites (tertiary alicyclic amines) is 1. The van der Waals surface area contributed by atoms with E-state index in [9.17, 15) is 9.59 Å². The third kappa shape index (κ3) is 4.97. The first-order chi connectivity index (χ1) is 12.2. The topological polar surface area (TPSA) is 61.4 Å². The quantitative estimate of drug-likeness (QED) is 0.863. The fourth-order valence-electron chi connectivity index (χ4n) is 4.15. The highest BCUT2D eigenvalue weighted by Gasteiger charge is 2.35. The fraction of sp³-hybridized carbons (Fsp3) is 0.600. The van der Waals surface area contributed by atoms with Crippen LogP contribution in [0.2, 0.25) is 0 Å². The van der Waals surface area contributed by atoms with Crippen molar-refractivity contribution in [2.45, 2.75) is 57.5 Å². The lowest BCUT2D eigenvalue weighted by atomic mass is 9.78. The zero-order valence-corrected chi connectivity index (χ0v) is 14.9. The van der Waals surface area contributed by atoms with Crippen LogP contribution in [0.1, 0.15) is 50.5 Å². The minimum absolute atomic E-state index is 0.00691. The number of rotatable bonds is 5. The SMILES string of the molecule is O=C(CCNC(=O)N1CCCC2CCCCC21)NCc1ccccc1. The van der Waals surface area contributed by atoms with Crippen molar-refractivity contribution >= 4 is 11.9 Å². The average molecular weight is 343 g/mol. The van der Waals surface area contributed by atoms with Crippen molar-refractivity contribution in [3.05, 3.63) is 35.9 Å². The number of urea groups is 1. The fourth-order valence-corrected chi connectivity index (χ4v) is 4.15. The molecule has 0 spiro atoms. The van der Waals surface area contributed by atoms with Gasteiger partial charge in [0, 0.05) is 32.1 Å². The number of hydrogen-bond donors (Lipinski definition) is 2. The number of fused-ring (bicyclic) bond motifs is 1. The zero-order valence-electron chi connectivity index (χ0n) is 14.9. The van der Waals surface area contributed by atoms with E-state index in [4.69, 9.17) is 0 Å². The number of piperidine rings is 1. The number of hydrogen-bond acceptors (Lipinski definition) is 2. The second-order valence-corrected chi connectivity index (χ2v) is 7.19. The summed E-state index contributed by atoms with van der Waals surface area (Å²) in [5.41, 5.74) is 1.08. The van der Waals surface area contributed by atoms with Gasteiger partial charge in [0.15, 0.2) is 0 Å². The van der Waals surface area contributed by atoms with Gasteiger partial charge in [-0.25, -0.2) is 4.79 Å². The molecule has 0 radical (unpaired) electrons. The van der Waals surface area contributed by atoms with Gasteiger partial charge < -0.3 is 15.5 Å². The third-order valence-corrected chi connectivity index (χ3v) is 5.46. The molecule has 2 fully saturated rings. The van der Waals surface area contributed by atoms with E-state index in [1.165, 1.54) is 25.7 Å². The lowest BCUT2D eigenvalue weighted by Crippen LogP contribution is -2.53. The number of nitrogens with one attached hydrogen (secondary N) is 2. The molecule has 3 amide bonds. The highest BCUT2D eigenvalue weighted by molar-refractivity contribution is 5.78. The Hall–Kier alpha value is -2.04. The molecule has 136 valence electrons. The molecule has 2 N–H and O–H groups in total. The van der Waals surface area contributed by atoms with E-state index in [-0.39, 0.29) is 11.9 Å². The van der Waals surface area contributed by atoms with Gasteiger partial charge in [0.1, 0.15) is 0 Å². The smallest absolute Gasteiger partial charge is 0.317 e. The number of carbonyl (C=O) groups excluding carboxylic acids is 2. The molecule has 1 saturated carbocycles. The molecule has 5 heteroatoms. The Balaban J connectivity index is 1.37. The second-order valence-electron chi connectivity index (χ2n) is 7.19. The number of amides is 3. The molecule has 1 aliphatic heterocycles. The zero-order chi connectivity index (χ0) is 17.5. The molecule has 0 bridgehead atoms. The van der Waals surface area contributed by atoms with Gasteiger partial charge in [0.05, 0.1) is 0 Å². The number of nitrogens with zero attached hydrogens (tertiary/aromatic N) is 1. The normalized spacial score (nSPS) is 22.8. The maximum absolute atomic E-state index is 12.5. The predicted molar refractivity (Wildman–Crippen MR) is 98.0 cm³/mol. The Bertz CT molecular complexity index is 574. The van der Waals surface area contributed by atoms with Crippen LogP contribution in [-0.2, 0) is 11.3 Å². The van der Waals surface area contributed by atoms with Crippen molar-refractivity contribution in [1.29, 1.82) is 0 Å². The lowest BCUT2D eigenvalue weighted by Gasteiger charge is -2.44. The van der Waals surface area contributed by atoms with Crippen molar-refractivity contribution in [2.24, 2.45) is 5.92 Å². The molecule has 5 nitrogen and oxygen atoms in total. The summed E-state index contributed by atoms with van der Waals surface area (Å²) in [7, 11) is 0. The molecule has 1 aromatic rings. The van der Waals surface area contributed by atoms with E-state index in [0.717, 1.165) is 24.9 Å². The first kappa shape index (κ1) is 17.8. The Morgan fingerprint density at radius 3 is 2.60 bits per heavy atom. The highest BCUT2D eigenvalue weighted by Crippen LogP contribution is 2.35. The molecule has 2 unspecified atom stereocenters. The standard InChI is InChI=1S/C20H29N3O2/c24-19(22-15-16-7-2-1-3-8-16)12-13-21-20(25)23-14-6-10-17-9-4-5-11-18(17)23/h1-3,7-8,17-18H,4-6,9-15H2,(H,21,25)(H,22,24). The van der Waals surface area contributed by atoms with E-state index in [1.54, 1.807) is 0 Å². The lowest BCUT2D eigenvalue weighted by molar-refractivity contribution is -0.121. The summed E-state index contributed by atoms with van der Waals surface area (Å²) in [6, 6.07) is 10.3. The third-order valence-electron chi connectivity index (χ3n) is 5.46. The van der Waals surface area contributed by atoms with E-state index < -0.39 is 0 Å². The molecule has 0 aromatic heterocycles. The van der Waals surface area contributed by atoms with Gasteiger partial charge in [-0.3, -0.25) is 4.79 Å². The minimum Gasteiger partial charge on any atom is -0.352 e. The molecule has 2 aliphatic rings. The highest BCUT2D eigenvalue weighted by atomic mass is 16.2. The summed E-state index contributed by atoms with van der Waals surface area (Å²) >= 11 is 0. The summed E-state index contributed by atoms with van der Waals surface area (Å²) < 4.78 is 0. The molecular weight excluding hydrogens is 314 g/mol. The van der Waals surface area contributed by atoms with Gasteiger partial charge >= 0.3 is 6.03 Å². The van der Waals surface area contributed by atoms with Crippen LogP contribution < -0.4 is 10.6 Å². The second kappa shape index (κ2) is 8.88. The van der Waals surface area contributed by atoms with Crippen LogP contribution in [0, 0.1) is 5.92 Å². The maximum atomic E-state index is 12.5. The predicted octanol–water partition coefficient (Wildman–Crippen LogP) is 3.06. The van der Waals surface area contributed by atoms with Gasteiger partial charge in [-0.1, -0.05) is 43.2 Å². The Morgan fingerprint density at radius 2 is 1.76 bits per heavy atom. The minimum atomic E-state index is -0.0293. The summed E-state index contributed by atoms with van der Waals surface area (Å²) in [6.07, 6.45) is 7.61. The maximum Gasteiger partial charge on any atom is 0.317 e. The van der Waals surface area contributed by atoms with Crippen molar-refractivity contribution < 1.29 is 9.59 Å².